The molecule has 1 N–H and O–H groups in total. The number of aromatic carboxylic acids is 1. The summed E-state index contributed by atoms with van der Waals surface area (Å²) < 4.78 is 30.3. The smallest absolute Gasteiger partial charge is 0.336 e. The van der Waals surface area contributed by atoms with Gasteiger partial charge in [0.1, 0.15) is 0 Å². The van der Waals surface area contributed by atoms with Crippen molar-refractivity contribution in [1.29, 1.82) is 0 Å². The third-order valence-electron chi connectivity index (χ3n) is 3.62. The van der Waals surface area contributed by atoms with Gasteiger partial charge in [-0.15, -0.1) is 0 Å². The summed E-state index contributed by atoms with van der Waals surface area (Å²) in [6.45, 7) is 2.16. The van der Waals surface area contributed by atoms with Crippen LogP contribution < -0.4 is 0 Å². The lowest BCUT2D eigenvalue weighted by molar-refractivity contribution is 0.0695. The largest absolute Gasteiger partial charge is 0.478 e. The summed E-state index contributed by atoms with van der Waals surface area (Å²) in [7, 11) is -3.58. The first kappa shape index (κ1) is 16.3. The minimum atomic E-state index is -3.58. The van der Waals surface area contributed by atoms with Gasteiger partial charge in [-0.05, 0) is 43.9 Å². The summed E-state index contributed by atoms with van der Waals surface area (Å²) in [4.78, 5) is 11.1. The van der Waals surface area contributed by atoms with Crippen molar-refractivity contribution in [2.75, 3.05) is 12.4 Å². The molecule has 1 aliphatic heterocycles. The van der Waals surface area contributed by atoms with Crippen LogP contribution in [0.3, 0.4) is 0 Å². The second kappa shape index (κ2) is 6.34. The van der Waals surface area contributed by atoms with Crippen molar-refractivity contribution in [3.8, 4) is 0 Å². The van der Waals surface area contributed by atoms with Gasteiger partial charge >= 0.3 is 5.97 Å². The second-order valence-corrected chi connectivity index (χ2v) is 7.64. The molecule has 0 aromatic heterocycles. The van der Waals surface area contributed by atoms with E-state index in [1.54, 1.807) is 0 Å². The van der Waals surface area contributed by atoms with E-state index in [1.807, 2.05) is 0 Å². The Morgan fingerprint density at radius 1 is 1.48 bits per heavy atom. The second-order valence-electron chi connectivity index (χ2n) is 5.12. The molecule has 1 saturated heterocycles. The lowest BCUT2D eigenvalue weighted by atomic mass is 10.1. The quantitative estimate of drug-likeness (QED) is 0.896. The first-order valence-corrected chi connectivity index (χ1v) is 8.72. The molecule has 0 aliphatic carbocycles. The van der Waals surface area contributed by atoms with Gasteiger partial charge in [0.15, 0.2) is 9.84 Å². The Morgan fingerprint density at radius 2 is 2.19 bits per heavy atom. The van der Waals surface area contributed by atoms with E-state index in [0.717, 1.165) is 12.8 Å². The third kappa shape index (κ3) is 3.75. The highest BCUT2D eigenvalue weighted by Gasteiger charge is 2.25. The van der Waals surface area contributed by atoms with Gasteiger partial charge in [-0.2, -0.15) is 0 Å². The molecule has 1 aromatic carbocycles. The highest BCUT2D eigenvalue weighted by molar-refractivity contribution is 7.91. The highest BCUT2D eigenvalue weighted by atomic mass is 35.5. The molecule has 0 amide bonds. The SMILES string of the molecule is Cc1c(C(=O)O)cc(Cl)cc1S(=O)(=O)CCC1CCCO1. The van der Waals surface area contributed by atoms with Crippen LogP contribution in [-0.4, -0.2) is 38.0 Å². The molecule has 1 fully saturated rings. The molecule has 0 bridgehead atoms. The number of carboxylic acids is 1. The first-order valence-electron chi connectivity index (χ1n) is 6.69. The van der Waals surface area contributed by atoms with E-state index in [9.17, 15) is 13.2 Å². The van der Waals surface area contributed by atoms with Crippen LogP contribution >= 0.6 is 11.6 Å². The number of benzene rings is 1. The van der Waals surface area contributed by atoms with Crippen LogP contribution in [0.15, 0.2) is 17.0 Å². The Bertz CT molecular complexity index is 648. The Labute approximate surface area is 128 Å². The van der Waals surface area contributed by atoms with Crippen LogP contribution in [0.4, 0.5) is 0 Å². The first-order chi connectivity index (χ1) is 9.81. The van der Waals surface area contributed by atoms with Gasteiger partial charge in [0, 0.05) is 11.6 Å². The van der Waals surface area contributed by atoms with Crippen molar-refractivity contribution < 1.29 is 23.1 Å². The fourth-order valence-electron chi connectivity index (χ4n) is 2.47. The number of hydrogen-bond donors (Lipinski definition) is 1. The van der Waals surface area contributed by atoms with Gasteiger partial charge in [-0.1, -0.05) is 11.6 Å². The van der Waals surface area contributed by atoms with Crippen molar-refractivity contribution >= 4 is 27.4 Å². The number of sulfone groups is 1. The molecule has 0 saturated carbocycles. The number of rotatable bonds is 5. The van der Waals surface area contributed by atoms with E-state index in [4.69, 9.17) is 21.4 Å². The van der Waals surface area contributed by atoms with E-state index in [-0.39, 0.29) is 32.9 Å². The molecule has 7 heteroatoms. The molecular formula is C14H17ClO5S. The minimum Gasteiger partial charge on any atom is -0.478 e. The summed E-state index contributed by atoms with van der Waals surface area (Å²) >= 11 is 5.85. The van der Waals surface area contributed by atoms with Gasteiger partial charge in [0.05, 0.1) is 22.3 Å². The van der Waals surface area contributed by atoms with Gasteiger partial charge in [-0.25, -0.2) is 13.2 Å². The Kier molecular flexibility index (Phi) is 4.91. The number of carbonyl (C=O) groups is 1. The summed E-state index contributed by atoms with van der Waals surface area (Å²) in [6, 6.07) is 2.58. The lowest BCUT2D eigenvalue weighted by Gasteiger charge is -2.13. The van der Waals surface area contributed by atoms with Crippen molar-refractivity contribution in [2.45, 2.75) is 37.2 Å². The van der Waals surface area contributed by atoms with Crippen LogP contribution in [0.1, 0.15) is 35.2 Å². The summed E-state index contributed by atoms with van der Waals surface area (Å²) in [5, 5.41) is 9.21. The van der Waals surface area contributed by atoms with Crippen molar-refractivity contribution in [3.63, 3.8) is 0 Å². The average molecular weight is 333 g/mol. The van der Waals surface area contributed by atoms with E-state index >= 15 is 0 Å². The Balaban J connectivity index is 2.28. The van der Waals surface area contributed by atoms with Crippen LogP contribution in [0.2, 0.25) is 5.02 Å². The molecule has 21 heavy (non-hydrogen) atoms. The molecule has 1 aromatic rings. The van der Waals surface area contributed by atoms with E-state index in [2.05, 4.69) is 0 Å². The van der Waals surface area contributed by atoms with E-state index in [0.29, 0.717) is 13.0 Å². The maximum atomic E-state index is 12.4. The van der Waals surface area contributed by atoms with Crippen LogP contribution in [0.5, 0.6) is 0 Å². The molecule has 5 nitrogen and oxygen atoms in total. The van der Waals surface area contributed by atoms with Crippen LogP contribution in [-0.2, 0) is 14.6 Å². The molecular weight excluding hydrogens is 316 g/mol. The van der Waals surface area contributed by atoms with Crippen LogP contribution in [0.25, 0.3) is 0 Å². The molecule has 0 radical (unpaired) electrons. The normalized spacial score (nSPS) is 18.9. The predicted molar refractivity (Wildman–Crippen MR) is 78.8 cm³/mol. The maximum absolute atomic E-state index is 12.4. The molecule has 1 heterocycles. The Hall–Kier alpha value is -1.11. The summed E-state index contributed by atoms with van der Waals surface area (Å²) in [5.41, 5.74) is 0.137. The fraction of sp³-hybridized carbons (Fsp3) is 0.500. The zero-order valence-corrected chi connectivity index (χ0v) is 13.2. The van der Waals surface area contributed by atoms with Crippen LogP contribution in [0, 0.1) is 6.92 Å². The maximum Gasteiger partial charge on any atom is 0.336 e. The summed E-state index contributed by atoms with van der Waals surface area (Å²) in [6.07, 6.45) is 2.20. The van der Waals surface area contributed by atoms with Gasteiger partial charge in [0.2, 0.25) is 0 Å². The zero-order chi connectivity index (χ0) is 15.6. The van der Waals surface area contributed by atoms with Gasteiger partial charge in [0.25, 0.3) is 0 Å². The molecule has 1 atom stereocenters. The number of ether oxygens (including phenoxy) is 1. The topological polar surface area (TPSA) is 80.7 Å². The molecule has 0 spiro atoms. The van der Waals surface area contributed by atoms with Gasteiger partial charge in [-0.3, -0.25) is 0 Å². The summed E-state index contributed by atoms with van der Waals surface area (Å²) in [5.74, 6) is -1.26. The molecule has 116 valence electrons. The fourth-order valence-corrected chi connectivity index (χ4v) is 4.43. The minimum absolute atomic E-state index is 0.00889. The predicted octanol–water partition coefficient (Wildman–Crippen LogP) is 2.69. The van der Waals surface area contributed by atoms with Crippen molar-refractivity contribution in [1.82, 2.24) is 0 Å². The highest BCUT2D eigenvalue weighted by Crippen LogP contribution is 2.27. The molecule has 1 aliphatic rings. The monoisotopic (exact) mass is 332 g/mol. The number of carboxylic acid groups (broad SMARTS) is 1. The van der Waals surface area contributed by atoms with Crippen molar-refractivity contribution in [2.24, 2.45) is 0 Å². The molecule has 2 rings (SSSR count). The average Bonchev–Trinajstić information content (AvgIpc) is 2.91. The number of hydrogen-bond acceptors (Lipinski definition) is 4. The third-order valence-corrected chi connectivity index (χ3v) is 5.71. The Morgan fingerprint density at radius 3 is 2.76 bits per heavy atom. The lowest BCUT2D eigenvalue weighted by Crippen LogP contribution is -2.16. The van der Waals surface area contributed by atoms with Crippen molar-refractivity contribution in [3.05, 3.63) is 28.3 Å². The standard InChI is InChI=1S/C14H17ClO5S/c1-9-12(14(16)17)7-10(15)8-13(9)21(18,19)6-4-11-3-2-5-20-11/h7-8,11H,2-6H2,1H3,(H,16,17). The molecule has 1 unspecified atom stereocenters. The van der Waals surface area contributed by atoms with E-state index < -0.39 is 15.8 Å². The zero-order valence-electron chi connectivity index (χ0n) is 11.6. The van der Waals surface area contributed by atoms with Gasteiger partial charge < -0.3 is 9.84 Å². The number of halogens is 1. The van der Waals surface area contributed by atoms with E-state index in [1.165, 1.54) is 19.1 Å².